The Labute approximate surface area is 232 Å². The molecule has 3 aromatic rings. The molecular formula is C32H34F3NO4. The smallest absolute Gasteiger partial charge is 0.416 e. The lowest BCUT2D eigenvalue weighted by molar-refractivity contribution is -0.145. The minimum Gasteiger partial charge on any atom is -0.487 e. The van der Waals surface area contributed by atoms with Crippen molar-refractivity contribution in [1.29, 1.82) is 0 Å². The van der Waals surface area contributed by atoms with Gasteiger partial charge in [0.25, 0.3) is 0 Å². The molecule has 0 saturated carbocycles. The van der Waals surface area contributed by atoms with E-state index in [0.29, 0.717) is 12.3 Å². The third-order valence-electron chi connectivity index (χ3n) is 7.20. The molecule has 0 unspecified atom stereocenters. The minimum atomic E-state index is -4.52. The van der Waals surface area contributed by atoms with Crippen molar-refractivity contribution in [2.24, 2.45) is 0 Å². The van der Waals surface area contributed by atoms with Crippen molar-refractivity contribution in [3.05, 3.63) is 100 Å². The van der Waals surface area contributed by atoms with Crippen LogP contribution in [0.4, 0.5) is 13.2 Å². The third-order valence-corrected chi connectivity index (χ3v) is 7.20. The molecule has 8 heteroatoms. The molecule has 0 spiro atoms. The molecular weight excluding hydrogens is 519 g/mol. The van der Waals surface area contributed by atoms with Gasteiger partial charge in [-0.3, -0.25) is 9.59 Å². The number of carbonyl (C=O) groups excluding carboxylic acids is 1. The number of aryl methyl sites for hydroxylation is 1. The third kappa shape index (κ3) is 7.43. The van der Waals surface area contributed by atoms with Crippen LogP contribution in [0, 0.1) is 0 Å². The van der Waals surface area contributed by atoms with E-state index < -0.39 is 30.2 Å². The van der Waals surface area contributed by atoms with Gasteiger partial charge < -0.3 is 14.7 Å². The Morgan fingerprint density at radius 2 is 1.70 bits per heavy atom. The van der Waals surface area contributed by atoms with Crippen LogP contribution in [0.2, 0.25) is 0 Å². The lowest BCUT2D eigenvalue weighted by Crippen LogP contribution is -2.35. The Morgan fingerprint density at radius 1 is 1.00 bits per heavy atom. The van der Waals surface area contributed by atoms with Crippen LogP contribution < -0.4 is 4.74 Å². The molecule has 0 aliphatic carbocycles. The SMILES string of the molecule is CC(C)c1ccc(C[C@@]2(C)Cc3cc(CCC(=O)N(CC(=O)O)Cc4cccc(C(F)(F)F)c4)ccc3O2)cc1. The second-order valence-corrected chi connectivity index (χ2v) is 11.1. The van der Waals surface area contributed by atoms with E-state index in [-0.39, 0.29) is 24.1 Å². The lowest BCUT2D eigenvalue weighted by Gasteiger charge is -2.24. The Bertz CT molecular complexity index is 1370. The monoisotopic (exact) mass is 553 g/mol. The summed E-state index contributed by atoms with van der Waals surface area (Å²) in [5.41, 5.74) is 3.45. The Kier molecular flexibility index (Phi) is 8.57. The molecule has 1 atom stereocenters. The van der Waals surface area contributed by atoms with Crippen LogP contribution >= 0.6 is 0 Å². The molecule has 212 valence electrons. The number of hydrogen-bond donors (Lipinski definition) is 1. The Hall–Kier alpha value is -3.81. The minimum absolute atomic E-state index is 0.0331. The van der Waals surface area contributed by atoms with E-state index in [0.717, 1.165) is 46.8 Å². The summed E-state index contributed by atoms with van der Waals surface area (Å²) in [4.78, 5) is 25.4. The number of fused-ring (bicyclic) bond motifs is 1. The first-order chi connectivity index (χ1) is 18.8. The fraction of sp³-hybridized carbons (Fsp3) is 0.375. The van der Waals surface area contributed by atoms with Gasteiger partial charge in [-0.1, -0.05) is 62.4 Å². The molecule has 1 N–H and O–H groups in total. The number of carboxylic acid groups (broad SMARTS) is 1. The van der Waals surface area contributed by atoms with Gasteiger partial charge in [-0.25, -0.2) is 0 Å². The Morgan fingerprint density at radius 3 is 2.35 bits per heavy atom. The van der Waals surface area contributed by atoms with Gasteiger partial charge in [0.1, 0.15) is 17.9 Å². The van der Waals surface area contributed by atoms with Crippen LogP contribution in [-0.2, 0) is 41.6 Å². The first-order valence-corrected chi connectivity index (χ1v) is 13.4. The van der Waals surface area contributed by atoms with Crippen molar-refractivity contribution in [3.8, 4) is 5.75 Å². The van der Waals surface area contributed by atoms with Crippen LogP contribution in [0.5, 0.6) is 5.75 Å². The molecule has 5 nitrogen and oxygen atoms in total. The molecule has 1 heterocycles. The normalized spacial score (nSPS) is 16.5. The highest BCUT2D eigenvalue weighted by Gasteiger charge is 2.35. The van der Waals surface area contributed by atoms with Crippen molar-refractivity contribution in [2.75, 3.05) is 6.54 Å². The molecule has 4 rings (SSSR count). The maximum absolute atomic E-state index is 13.1. The number of halogens is 3. The van der Waals surface area contributed by atoms with Crippen molar-refractivity contribution >= 4 is 11.9 Å². The van der Waals surface area contributed by atoms with Crippen molar-refractivity contribution < 1.29 is 32.6 Å². The molecule has 1 amide bonds. The fourth-order valence-electron chi connectivity index (χ4n) is 5.15. The van der Waals surface area contributed by atoms with Gasteiger partial charge in [-0.15, -0.1) is 0 Å². The van der Waals surface area contributed by atoms with Crippen LogP contribution in [0.1, 0.15) is 66.5 Å². The van der Waals surface area contributed by atoms with Crippen LogP contribution in [0.15, 0.2) is 66.7 Å². The number of aliphatic carboxylic acids is 1. The van der Waals surface area contributed by atoms with Crippen LogP contribution in [0.3, 0.4) is 0 Å². The number of ether oxygens (including phenoxy) is 1. The molecule has 1 aliphatic heterocycles. The maximum Gasteiger partial charge on any atom is 0.416 e. The van der Waals surface area contributed by atoms with Gasteiger partial charge >= 0.3 is 12.1 Å². The molecule has 3 aromatic carbocycles. The molecule has 1 aliphatic rings. The molecule has 0 aromatic heterocycles. The van der Waals surface area contributed by atoms with Crippen molar-refractivity contribution in [1.82, 2.24) is 4.90 Å². The van der Waals surface area contributed by atoms with Gasteiger partial charge in [0.15, 0.2) is 0 Å². The van der Waals surface area contributed by atoms with Gasteiger partial charge in [-0.05, 0) is 65.3 Å². The van der Waals surface area contributed by atoms with E-state index in [1.54, 1.807) is 0 Å². The lowest BCUT2D eigenvalue weighted by atomic mass is 9.90. The average molecular weight is 554 g/mol. The number of amides is 1. The predicted molar refractivity (Wildman–Crippen MR) is 146 cm³/mol. The highest BCUT2D eigenvalue weighted by molar-refractivity contribution is 5.81. The summed E-state index contributed by atoms with van der Waals surface area (Å²) in [5.74, 6) is -0.383. The quantitative estimate of drug-likeness (QED) is 0.300. The van der Waals surface area contributed by atoms with Gasteiger partial charge in [0, 0.05) is 25.8 Å². The zero-order valence-electron chi connectivity index (χ0n) is 22.9. The number of alkyl halides is 3. The summed E-state index contributed by atoms with van der Waals surface area (Å²) < 4.78 is 45.6. The van der Waals surface area contributed by atoms with Crippen LogP contribution in [0.25, 0.3) is 0 Å². The number of rotatable bonds is 10. The first-order valence-electron chi connectivity index (χ1n) is 13.4. The summed E-state index contributed by atoms with van der Waals surface area (Å²) in [5, 5.41) is 9.29. The summed E-state index contributed by atoms with van der Waals surface area (Å²) in [6.45, 7) is 5.60. The number of nitrogens with zero attached hydrogens (tertiary/aromatic N) is 1. The number of benzene rings is 3. The second-order valence-electron chi connectivity index (χ2n) is 11.1. The predicted octanol–water partition coefficient (Wildman–Crippen LogP) is 6.81. The standard InChI is InChI=1S/C32H34F3NO4/c1-21(2)25-11-7-23(8-12-25)17-31(3)18-26-15-22(9-13-28(26)40-31)10-14-29(37)36(20-30(38)39)19-24-5-4-6-27(16-24)32(33,34)35/h4-9,11-13,15-16,21H,10,14,17-20H2,1-3H3,(H,38,39)/t31-/m0/s1. The van der Waals surface area contributed by atoms with E-state index >= 15 is 0 Å². The van der Waals surface area contributed by atoms with Crippen LogP contribution in [-0.4, -0.2) is 34.0 Å². The zero-order valence-corrected chi connectivity index (χ0v) is 22.9. The highest BCUT2D eigenvalue weighted by Crippen LogP contribution is 2.38. The van der Waals surface area contributed by atoms with E-state index in [4.69, 9.17) is 4.74 Å². The zero-order chi connectivity index (χ0) is 29.1. The summed E-state index contributed by atoms with van der Waals surface area (Å²) in [7, 11) is 0. The number of hydrogen-bond acceptors (Lipinski definition) is 3. The largest absolute Gasteiger partial charge is 0.487 e. The van der Waals surface area contributed by atoms with Crippen molar-refractivity contribution in [3.63, 3.8) is 0 Å². The highest BCUT2D eigenvalue weighted by atomic mass is 19.4. The van der Waals surface area contributed by atoms with E-state index in [9.17, 15) is 27.9 Å². The topological polar surface area (TPSA) is 66.8 Å². The average Bonchev–Trinajstić information content (AvgIpc) is 3.21. The Balaban J connectivity index is 1.39. The van der Waals surface area contributed by atoms with E-state index in [2.05, 4.69) is 45.0 Å². The van der Waals surface area contributed by atoms with Gasteiger partial charge in [0.05, 0.1) is 5.56 Å². The van der Waals surface area contributed by atoms with Gasteiger partial charge in [0.2, 0.25) is 5.91 Å². The van der Waals surface area contributed by atoms with Gasteiger partial charge in [-0.2, -0.15) is 13.2 Å². The molecule has 0 fully saturated rings. The number of carboxylic acids is 1. The maximum atomic E-state index is 13.1. The molecule has 0 radical (unpaired) electrons. The van der Waals surface area contributed by atoms with E-state index in [1.165, 1.54) is 23.3 Å². The summed E-state index contributed by atoms with van der Waals surface area (Å²) in [6, 6.07) is 19.0. The number of carbonyl (C=O) groups is 2. The second kappa shape index (κ2) is 11.7. The summed E-state index contributed by atoms with van der Waals surface area (Å²) >= 11 is 0. The summed E-state index contributed by atoms with van der Waals surface area (Å²) in [6.07, 6.45) is -2.64. The van der Waals surface area contributed by atoms with Crippen molar-refractivity contribution in [2.45, 2.75) is 70.7 Å². The van der Waals surface area contributed by atoms with E-state index in [1.807, 2.05) is 18.2 Å². The fourth-order valence-corrected chi connectivity index (χ4v) is 5.15. The first kappa shape index (κ1) is 29.2. The molecule has 0 bridgehead atoms. The molecule has 40 heavy (non-hydrogen) atoms. The molecule has 0 saturated heterocycles.